The minimum atomic E-state index is -0.532. The van der Waals surface area contributed by atoms with E-state index in [1.807, 2.05) is 11.9 Å². The lowest BCUT2D eigenvalue weighted by molar-refractivity contribution is -0.121. The molecule has 1 unspecified atom stereocenters. The smallest absolute Gasteiger partial charge is 0.268 e. The molecule has 0 radical (unpaired) electrons. The van der Waals surface area contributed by atoms with Crippen molar-refractivity contribution in [1.82, 2.24) is 9.88 Å². The van der Waals surface area contributed by atoms with Gasteiger partial charge in [-0.3, -0.25) is 9.59 Å². The van der Waals surface area contributed by atoms with E-state index in [1.54, 1.807) is 0 Å². The quantitative estimate of drug-likeness (QED) is 0.831. The Morgan fingerprint density at radius 3 is 2.86 bits per heavy atom. The van der Waals surface area contributed by atoms with Crippen molar-refractivity contribution in [3.05, 3.63) is 4.88 Å². The summed E-state index contributed by atoms with van der Waals surface area (Å²) in [7, 11) is 1.91. The molecule has 0 saturated carbocycles. The highest BCUT2D eigenvalue weighted by Crippen LogP contribution is 2.30. The lowest BCUT2D eigenvalue weighted by atomic mass is 10.2. The van der Waals surface area contributed by atoms with Crippen LogP contribution in [0.2, 0.25) is 0 Å². The minimum Gasteiger partial charge on any atom is -0.382 e. The first-order valence-corrected chi connectivity index (χ1v) is 7.85. The Morgan fingerprint density at radius 2 is 2.24 bits per heavy atom. The Kier molecular flexibility index (Phi) is 4.66. The fraction of sp³-hybridized carbons (Fsp3) is 0.615. The van der Waals surface area contributed by atoms with Crippen molar-refractivity contribution in [3.8, 4) is 0 Å². The van der Waals surface area contributed by atoms with Crippen LogP contribution < -0.4 is 16.4 Å². The van der Waals surface area contributed by atoms with Crippen LogP contribution in [-0.2, 0) is 4.79 Å². The Labute approximate surface area is 127 Å². The molecule has 0 aliphatic carbocycles. The molecule has 0 bridgehead atoms. The largest absolute Gasteiger partial charge is 0.382 e. The van der Waals surface area contributed by atoms with Gasteiger partial charge >= 0.3 is 0 Å². The van der Waals surface area contributed by atoms with E-state index in [1.165, 1.54) is 16.2 Å². The predicted molar refractivity (Wildman–Crippen MR) is 83.3 cm³/mol. The average molecular weight is 311 g/mol. The van der Waals surface area contributed by atoms with Crippen LogP contribution in [0.4, 0.5) is 10.9 Å². The van der Waals surface area contributed by atoms with Gasteiger partial charge in [-0.1, -0.05) is 18.3 Å². The summed E-state index contributed by atoms with van der Waals surface area (Å²) in [6.07, 6.45) is 2.37. The molecule has 21 heavy (non-hydrogen) atoms. The number of aromatic nitrogens is 1. The molecule has 1 fully saturated rings. The number of nitrogens with two attached hydrogens (primary N) is 2. The lowest BCUT2D eigenvalue weighted by Gasteiger charge is -2.21. The van der Waals surface area contributed by atoms with Crippen molar-refractivity contribution in [3.63, 3.8) is 0 Å². The summed E-state index contributed by atoms with van der Waals surface area (Å²) in [4.78, 5) is 32.1. The van der Waals surface area contributed by atoms with E-state index in [9.17, 15) is 9.59 Å². The van der Waals surface area contributed by atoms with Gasteiger partial charge in [0.2, 0.25) is 5.91 Å². The second-order valence-electron chi connectivity index (χ2n) is 5.19. The van der Waals surface area contributed by atoms with Crippen LogP contribution in [0.3, 0.4) is 0 Å². The second-order valence-corrected chi connectivity index (χ2v) is 6.17. The highest BCUT2D eigenvalue weighted by molar-refractivity contribution is 7.18. The van der Waals surface area contributed by atoms with Crippen LogP contribution in [0.15, 0.2) is 0 Å². The van der Waals surface area contributed by atoms with Gasteiger partial charge in [-0.15, -0.1) is 0 Å². The van der Waals surface area contributed by atoms with E-state index in [0.717, 1.165) is 19.4 Å². The third-order valence-electron chi connectivity index (χ3n) is 3.56. The van der Waals surface area contributed by atoms with Crippen molar-refractivity contribution < 1.29 is 9.59 Å². The molecule has 0 aromatic carbocycles. The summed E-state index contributed by atoms with van der Waals surface area (Å²) in [6, 6.07) is -0.532. The van der Waals surface area contributed by atoms with Crippen LogP contribution in [-0.4, -0.2) is 47.9 Å². The van der Waals surface area contributed by atoms with Crippen molar-refractivity contribution in [2.24, 2.45) is 5.73 Å². The standard InChI is InChI=1S/C13H21N5O2S/c1-3-6-17(2)13-16-10(14)9(21-13)12(20)18-7-4-5-8(18)11(15)19/h8H,3-7,14H2,1-2H3,(H2,15,19). The summed E-state index contributed by atoms with van der Waals surface area (Å²) in [5.41, 5.74) is 11.2. The summed E-state index contributed by atoms with van der Waals surface area (Å²) in [5, 5.41) is 0.715. The molecule has 4 N–H and O–H groups in total. The third-order valence-corrected chi connectivity index (χ3v) is 4.74. The number of rotatable bonds is 5. The van der Waals surface area contributed by atoms with Gasteiger partial charge in [0.05, 0.1) is 0 Å². The number of thiazole rings is 1. The zero-order valence-electron chi connectivity index (χ0n) is 12.3. The Morgan fingerprint density at radius 1 is 1.52 bits per heavy atom. The molecule has 2 amide bonds. The molecule has 1 aliphatic rings. The van der Waals surface area contributed by atoms with Gasteiger partial charge in [-0.25, -0.2) is 4.98 Å². The number of nitrogens with zero attached hydrogens (tertiary/aromatic N) is 3. The molecule has 116 valence electrons. The number of hydrogen-bond acceptors (Lipinski definition) is 6. The molecular weight excluding hydrogens is 290 g/mol. The summed E-state index contributed by atoms with van der Waals surface area (Å²) in [5.74, 6) is -0.493. The molecule has 1 aromatic heterocycles. The fourth-order valence-corrected chi connectivity index (χ4v) is 3.43. The molecule has 8 heteroatoms. The zero-order chi connectivity index (χ0) is 15.6. The summed E-state index contributed by atoms with van der Waals surface area (Å²) in [6.45, 7) is 3.44. The fourth-order valence-electron chi connectivity index (χ4n) is 2.50. The highest BCUT2D eigenvalue weighted by Gasteiger charge is 2.35. The van der Waals surface area contributed by atoms with Crippen molar-refractivity contribution in [2.75, 3.05) is 30.8 Å². The first-order valence-electron chi connectivity index (χ1n) is 7.03. The van der Waals surface area contributed by atoms with E-state index in [2.05, 4.69) is 11.9 Å². The Bertz CT molecular complexity index is 545. The number of carbonyl (C=O) groups is 2. The maximum absolute atomic E-state index is 12.6. The Hall–Kier alpha value is -1.83. The number of nitrogen functional groups attached to an aromatic ring is 1. The number of likely N-dealkylation sites (tertiary alicyclic amines) is 1. The van der Waals surface area contributed by atoms with E-state index in [-0.39, 0.29) is 11.7 Å². The molecule has 1 atom stereocenters. The maximum atomic E-state index is 12.6. The number of amides is 2. The highest BCUT2D eigenvalue weighted by atomic mass is 32.1. The zero-order valence-corrected chi connectivity index (χ0v) is 13.2. The summed E-state index contributed by atoms with van der Waals surface area (Å²) >= 11 is 1.26. The monoisotopic (exact) mass is 311 g/mol. The van der Waals surface area contributed by atoms with Gasteiger partial charge in [0, 0.05) is 20.1 Å². The molecule has 1 aliphatic heterocycles. The molecule has 2 heterocycles. The second kappa shape index (κ2) is 6.30. The van der Waals surface area contributed by atoms with Crippen molar-refractivity contribution >= 4 is 34.1 Å². The van der Waals surface area contributed by atoms with Crippen LogP contribution in [0.5, 0.6) is 0 Å². The molecular formula is C13H21N5O2S. The number of hydrogen-bond donors (Lipinski definition) is 2. The predicted octanol–water partition coefficient (Wildman–Crippen LogP) is 0.661. The molecule has 1 saturated heterocycles. The van der Waals surface area contributed by atoms with Crippen molar-refractivity contribution in [1.29, 1.82) is 0 Å². The van der Waals surface area contributed by atoms with Gasteiger partial charge in [0.25, 0.3) is 5.91 Å². The van der Waals surface area contributed by atoms with Crippen LogP contribution in [0, 0.1) is 0 Å². The van der Waals surface area contributed by atoms with Crippen LogP contribution in [0.1, 0.15) is 35.9 Å². The molecule has 1 aromatic rings. The van der Waals surface area contributed by atoms with E-state index in [0.29, 0.717) is 23.0 Å². The Balaban J connectivity index is 2.21. The minimum absolute atomic E-state index is 0.220. The third kappa shape index (κ3) is 3.10. The molecule has 7 nitrogen and oxygen atoms in total. The van der Waals surface area contributed by atoms with E-state index >= 15 is 0 Å². The average Bonchev–Trinajstić information content (AvgIpc) is 3.04. The molecule has 2 rings (SSSR count). The lowest BCUT2D eigenvalue weighted by Crippen LogP contribution is -2.43. The van der Waals surface area contributed by atoms with Crippen molar-refractivity contribution in [2.45, 2.75) is 32.2 Å². The number of carbonyl (C=O) groups excluding carboxylic acids is 2. The van der Waals surface area contributed by atoms with Gasteiger partial charge in [-0.2, -0.15) is 0 Å². The van der Waals surface area contributed by atoms with Crippen LogP contribution in [0.25, 0.3) is 0 Å². The topological polar surface area (TPSA) is 106 Å². The summed E-state index contributed by atoms with van der Waals surface area (Å²) < 4.78 is 0. The van der Waals surface area contributed by atoms with Crippen LogP contribution >= 0.6 is 11.3 Å². The van der Waals surface area contributed by atoms with Gasteiger partial charge in [0.1, 0.15) is 16.7 Å². The van der Waals surface area contributed by atoms with E-state index in [4.69, 9.17) is 11.5 Å². The SMILES string of the molecule is CCCN(C)c1nc(N)c(C(=O)N2CCCC2C(N)=O)s1. The number of primary amides is 1. The normalized spacial score (nSPS) is 18.0. The first kappa shape index (κ1) is 15.6. The van der Waals surface area contributed by atoms with Gasteiger partial charge in [0.15, 0.2) is 5.13 Å². The number of anilines is 2. The molecule has 0 spiro atoms. The van der Waals surface area contributed by atoms with Gasteiger partial charge in [-0.05, 0) is 19.3 Å². The first-order chi connectivity index (χ1) is 9.95. The maximum Gasteiger partial charge on any atom is 0.268 e. The van der Waals surface area contributed by atoms with E-state index < -0.39 is 11.9 Å². The van der Waals surface area contributed by atoms with Gasteiger partial charge < -0.3 is 21.3 Å².